The van der Waals surface area contributed by atoms with E-state index in [4.69, 9.17) is 0 Å². The van der Waals surface area contributed by atoms with Gasteiger partial charge >= 0.3 is 5.97 Å². The van der Waals surface area contributed by atoms with Gasteiger partial charge in [-0.05, 0) is 25.0 Å². The normalized spacial score (nSPS) is 9.94. The Hall–Kier alpha value is -1.84. The van der Waals surface area contributed by atoms with Gasteiger partial charge in [-0.1, -0.05) is 25.1 Å². The van der Waals surface area contributed by atoms with Crippen molar-refractivity contribution in [2.45, 2.75) is 20.3 Å². The number of esters is 1. The molecule has 4 nitrogen and oxygen atoms in total. The van der Waals surface area contributed by atoms with Gasteiger partial charge in [-0.3, -0.25) is 9.59 Å². The maximum absolute atomic E-state index is 12.3. The Labute approximate surface area is 108 Å². The Bertz CT molecular complexity index is 429. The number of benzene rings is 1. The molecule has 1 rings (SSSR count). The Morgan fingerprint density at radius 3 is 2.50 bits per heavy atom. The van der Waals surface area contributed by atoms with Crippen LogP contribution in [0.5, 0.6) is 0 Å². The summed E-state index contributed by atoms with van der Waals surface area (Å²) in [5.41, 5.74) is 1.54. The maximum Gasteiger partial charge on any atom is 0.325 e. The zero-order valence-electron chi connectivity index (χ0n) is 11.1. The third-order valence-electron chi connectivity index (χ3n) is 2.70. The van der Waals surface area contributed by atoms with E-state index in [1.807, 2.05) is 32.0 Å². The van der Waals surface area contributed by atoms with Gasteiger partial charge in [0.25, 0.3) is 5.91 Å². The first-order chi connectivity index (χ1) is 8.60. The molecule has 0 bridgehead atoms. The number of methoxy groups -OCH3 is 1. The van der Waals surface area contributed by atoms with Crippen LogP contribution in [-0.4, -0.2) is 37.0 Å². The van der Waals surface area contributed by atoms with Crippen LogP contribution in [0.15, 0.2) is 24.3 Å². The molecule has 0 heterocycles. The topological polar surface area (TPSA) is 46.6 Å². The van der Waals surface area contributed by atoms with E-state index < -0.39 is 5.97 Å². The SMILES string of the molecule is CCCN(CC(=O)OC)C(=O)c1ccccc1C. The summed E-state index contributed by atoms with van der Waals surface area (Å²) in [6.07, 6.45) is 0.800. The zero-order chi connectivity index (χ0) is 13.5. The molecule has 0 atom stereocenters. The van der Waals surface area contributed by atoms with Crippen molar-refractivity contribution in [3.63, 3.8) is 0 Å². The largest absolute Gasteiger partial charge is 0.468 e. The first-order valence-corrected chi connectivity index (χ1v) is 6.01. The number of carbonyl (C=O) groups is 2. The monoisotopic (exact) mass is 249 g/mol. The van der Waals surface area contributed by atoms with Crippen LogP contribution in [0.3, 0.4) is 0 Å². The number of aryl methyl sites for hydroxylation is 1. The highest BCUT2D eigenvalue weighted by atomic mass is 16.5. The summed E-state index contributed by atoms with van der Waals surface area (Å²) >= 11 is 0. The van der Waals surface area contributed by atoms with Gasteiger partial charge in [-0.25, -0.2) is 0 Å². The molecule has 0 unspecified atom stereocenters. The Morgan fingerprint density at radius 2 is 1.94 bits per heavy atom. The quantitative estimate of drug-likeness (QED) is 0.750. The first kappa shape index (κ1) is 14.2. The van der Waals surface area contributed by atoms with E-state index in [0.29, 0.717) is 12.1 Å². The minimum absolute atomic E-state index is 0.00247. The predicted molar refractivity (Wildman–Crippen MR) is 69.4 cm³/mol. The van der Waals surface area contributed by atoms with Crippen LogP contribution in [0.25, 0.3) is 0 Å². The molecule has 0 saturated carbocycles. The van der Waals surface area contributed by atoms with Gasteiger partial charge in [0.1, 0.15) is 6.54 Å². The van der Waals surface area contributed by atoms with Gasteiger partial charge in [0.15, 0.2) is 0 Å². The van der Waals surface area contributed by atoms with E-state index in [0.717, 1.165) is 12.0 Å². The van der Waals surface area contributed by atoms with Crippen molar-refractivity contribution in [2.24, 2.45) is 0 Å². The van der Waals surface area contributed by atoms with E-state index in [2.05, 4.69) is 4.74 Å². The predicted octanol–water partition coefficient (Wildman–Crippen LogP) is 2.02. The molecule has 18 heavy (non-hydrogen) atoms. The van der Waals surface area contributed by atoms with Crippen LogP contribution in [0.1, 0.15) is 29.3 Å². The highest BCUT2D eigenvalue weighted by Gasteiger charge is 2.19. The molecule has 0 N–H and O–H groups in total. The lowest BCUT2D eigenvalue weighted by atomic mass is 10.1. The number of nitrogens with zero attached hydrogens (tertiary/aromatic N) is 1. The average molecular weight is 249 g/mol. The fourth-order valence-corrected chi connectivity index (χ4v) is 1.73. The minimum Gasteiger partial charge on any atom is -0.468 e. The average Bonchev–Trinajstić information content (AvgIpc) is 2.38. The van der Waals surface area contributed by atoms with Crippen molar-refractivity contribution < 1.29 is 14.3 Å². The molecule has 98 valence electrons. The number of hydrogen-bond acceptors (Lipinski definition) is 3. The molecule has 0 saturated heterocycles. The number of hydrogen-bond donors (Lipinski definition) is 0. The molecular weight excluding hydrogens is 230 g/mol. The van der Waals surface area contributed by atoms with Crippen LogP contribution in [-0.2, 0) is 9.53 Å². The number of carbonyl (C=O) groups excluding carboxylic acids is 2. The molecule has 0 aliphatic carbocycles. The van der Waals surface area contributed by atoms with E-state index >= 15 is 0 Å². The van der Waals surface area contributed by atoms with Gasteiger partial charge in [-0.2, -0.15) is 0 Å². The van der Waals surface area contributed by atoms with Crippen molar-refractivity contribution in [1.29, 1.82) is 0 Å². The molecule has 4 heteroatoms. The van der Waals surface area contributed by atoms with Crippen molar-refractivity contribution in [3.05, 3.63) is 35.4 Å². The van der Waals surface area contributed by atoms with Crippen LogP contribution in [0.2, 0.25) is 0 Å². The Balaban J connectivity index is 2.89. The third-order valence-corrected chi connectivity index (χ3v) is 2.70. The van der Waals surface area contributed by atoms with Crippen LogP contribution < -0.4 is 0 Å². The fourth-order valence-electron chi connectivity index (χ4n) is 1.73. The molecule has 0 aromatic heterocycles. The second-order valence-corrected chi connectivity index (χ2v) is 4.12. The van der Waals surface area contributed by atoms with Gasteiger partial charge in [0.05, 0.1) is 7.11 Å². The standard InChI is InChI=1S/C14H19NO3/c1-4-9-15(10-13(16)18-3)14(17)12-8-6-5-7-11(12)2/h5-8H,4,9-10H2,1-3H3. The van der Waals surface area contributed by atoms with E-state index in [1.165, 1.54) is 12.0 Å². The van der Waals surface area contributed by atoms with Crippen molar-refractivity contribution in [3.8, 4) is 0 Å². The van der Waals surface area contributed by atoms with E-state index in [1.54, 1.807) is 6.07 Å². The highest BCUT2D eigenvalue weighted by Crippen LogP contribution is 2.11. The van der Waals surface area contributed by atoms with E-state index in [-0.39, 0.29) is 12.5 Å². The second-order valence-electron chi connectivity index (χ2n) is 4.12. The third kappa shape index (κ3) is 3.58. The Morgan fingerprint density at radius 1 is 1.28 bits per heavy atom. The summed E-state index contributed by atoms with van der Waals surface area (Å²) in [6, 6.07) is 7.37. The summed E-state index contributed by atoms with van der Waals surface area (Å²) in [5, 5.41) is 0. The fraction of sp³-hybridized carbons (Fsp3) is 0.429. The lowest BCUT2D eigenvalue weighted by Gasteiger charge is -2.21. The van der Waals surface area contributed by atoms with Gasteiger partial charge in [-0.15, -0.1) is 0 Å². The summed E-state index contributed by atoms with van der Waals surface area (Å²) < 4.78 is 4.61. The second kappa shape index (κ2) is 6.79. The van der Waals surface area contributed by atoms with Crippen LogP contribution in [0.4, 0.5) is 0 Å². The molecule has 0 aliphatic heterocycles. The lowest BCUT2D eigenvalue weighted by molar-refractivity contribution is -0.141. The number of amides is 1. The first-order valence-electron chi connectivity index (χ1n) is 6.01. The molecule has 1 aromatic rings. The molecule has 0 radical (unpaired) electrons. The van der Waals surface area contributed by atoms with E-state index in [9.17, 15) is 9.59 Å². The minimum atomic E-state index is -0.398. The summed E-state index contributed by atoms with van der Waals surface area (Å²) in [5.74, 6) is -0.522. The summed E-state index contributed by atoms with van der Waals surface area (Å²) in [6.45, 7) is 4.39. The van der Waals surface area contributed by atoms with Crippen molar-refractivity contribution >= 4 is 11.9 Å². The molecule has 1 aromatic carbocycles. The number of rotatable bonds is 5. The van der Waals surface area contributed by atoms with Gasteiger partial charge in [0.2, 0.25) is 0 Å². The zero-order valence-corrected chi connectivity index (χ0v) is 11.1. The highest BCUT2D eigenvalue weighted by molar-refractivity contribution is 5.97. The van der Waals surface area contributed by atoms with Crippen molar-refractivity contribution in [2.75, 3.05) is 20.2 Å². The smallest absolute Gasteiger partial charge is 0.325 e. The number of ether oxygens (including phenoxy) is 1. The van der Waals surface area contributed by atoms with Crippen molar-refractivity contribution in [1.82, 2.24) is 4.90 Å². The summed E-state index contributed by atoms with van der Waals surface area (Å²) in [4.78, 5) is 25.1. The van der Waals surface area contributed by atoms with Crippen LogP contribution >= 0.6 is 0 Å². The molecule has 0 aliphatic rings. The van der Waals surface area contributed by atoms with Gasteiger partial charge < -0.3 is 9.64 Å². The lowest BCUT2D eigenvalue weighted by Crippen LogP contribution is -2.37. The summed E-state index contributed by atoms with van der Waals surface area (Å²) in [7, 11) is 1.32. The Kier molecular flexibility index (Phi) is 5.36. The van der Waals surface area contributed by atoms with Crippen LogP contribution in [0, 0.1) is 6.92 Å². The molecule has 0 fully saturated rings. The molecular formula is C14H19NO3. The maximum atomic E-state index is 12.3. The molecule has 0 spiro atoms. The van der Waals surface area contributed by atoms with Gasteiger partial charge in [0, 0.05) is 12.1 Å². The molecule has 1 amide bonds.